The number of nitrogens with one attached hydrogen (secondary N) is 1. The molecule has 1 aromatic heterocycles. The number of rotatable bonds is 2. The molecule has 0 bridgehead atoms. The van der Waals surface area contributed by atoms with Gasteiger partial charge in [0.15, 0.2) is 0 Å². The monoisotopic (exact) mass is 205 g/mol. The first-order chi connectivity index (χ1) is 7.16. The molecule has 5 heteroatoms. The Hall–Kier alpha value is -1.88. The van der Waals surface area contributed by atoms with Crippen molar-refractivity contribution < 1.29 is 4.42 Å². The van der Waals surface area contributed by atoms with Crippen LogP contribution in [0.25, 0.3) is 11.5 Å². The Morgan fingerprint density at radius 3 is 2.53 bits per heavy atom. The van der Waals surface area contributed by atoms with Crippen LogP contribution in [0.4, 0.5) is 0 Å². The van der Waals surface area contributed by atoms with Crippen LogP contribution in [-0.4, -0.2) is 10.2 Å². The molecule has 0 aliphatic heterocycles. The minimum absolute atomic E-state index is 0.00904. The van der Waals surface area contributed by atoms with Crippen molar-refractivity contribution in [1.29, 1.82) is 0 Å². The summed E-state index contributed by atoms with van der Waals surface area (Å²) in [5.41, 5.74) is 7.48. The lowest BCUT2D eigenvalue weighted by molar-refractivity contribution is 0.527. The second-order valence-corrected chi connectivity index (χ2v) is 3.33. The fourth-order valence-electron chi connectivity index (χ4n) is 1.28. The van der Waals surface area contributed by atoms with Gasteiger partial charge in [0.05, 0.1) is 0 Å². The molecule has 0 aliphatic carbocycles. The van der Waals surface area contributed by atoms with Gasteiger partial charge in [0.2, 0.25) is 5.89 Å². The number of nitrogens with two attached hydrogens (primary N) is 1. The summed E-state index contributed by atoms with van der Waals surface area (Å²) in [7, 11) is 0. The van der Waals surface area contributed by atoms with E-state index in [1.54, 1.807) is 0 Å². The third kappa shape index (κ3) is 1.97. The van der Waals surface area contributed by atoms with Crippen LogP contribution in [0.2, 0.25) is 0 Å². The smallest absolute Gasteiger partial charge is 0.388 e. The van der Waals surface area contributed by atoms with Gasteiger partial charge in [0.25, 0.3) is 0 Å². The first kappa shape index (κ1) is 9.67. The van der Waals surface area contributed by atoms with Gasteiger partial charge in [0.1, 0.15) is 0 Å². The summed E-state index contributed by atoms with van der Waals surface area (Å²) in [6, 6.07) is 7.39. The van der Waals surface area contributed by atoms with Gasteiger partial charge in [-0.3, -0.25) is 0 Å². The topological polar surface area (TPSA) is 84.9 Å². The first-order valence-electron chi connectivity index (χ1n) is 4.58. The van der Waals surface area contributed by atoms with Gasteiger partial charge in [-0.05, 0) is 24.6 Å². The van der Waals surface area contributed by atoms with E-state index < -0.39 is 5.76 Å². The molecular weight excluding hydrogens is 194 g/mol. The number of benzene rings is 1. The number of hydrogen-bond donors (Lipinski definition) is 2. The molecule has 2 aromatic rings. The van der Waals surface area contributed by atoms with E-state index in [0.717, 1.165) is 11.1 Å². The zero-order valence-corrected chi connectivity index (χ0v) is 8.23. The predicted molar refractivity (Wildman–Crippen MR) is 55.2 cm³/mol. The van der Waals surface area contributed by atoms with Crippen molar-refractivity contribution in [2.24, 2.45) is 5.73 Å². The van der Waals surface area contributed by atoms with E-state index in [1.807, 2.05) is 31.2 Å². The summed E-state index contributed by atoms with van der Waals surface area (Å²) in [4.78, 5) is 10.7. The first-order valence-corrected chi connectivity index (χ1v) is 4.58. The van der Waals surface area contributed by atoms with Crippen LogP contribution < -0.4 is 11.5 Å². The van der Waals surface area contributed by atoms with Crippen LogP contribution >= 0.6 is 0 Å². The molecule has 5 nitrogen and oxygen atoms in total. The standard InChI is InChI=1S/C10H11N3O2/c1-6(11)7-2-4-8(5-3-7)9-12-13-10(14)15-9/h2-6H,11H2,1H3,(H,13,14). The largest absolute Gasteiger partial charge is 0.434 e. The minimum atomic E-state index is -0.554. The van der Waals surface area contributed by atoms with Crippen LogP contribution in [0.3, 0.4) is 0 Å². The molecule has 0 spiro atoms. The zero-order chi connectivity index (χ0) is 10.8. The Labute approximate surface area is 85.9 Å². The predicted octanol–water partition coefficient (Wildman–Crippen LogP) is 1.05. The molecule has 1 unspecified atom stereocenters. The summed E-state index contributed by atoms with van der Waals surface area (Å²) in [5.74, 6) is -0.266. The van der Waals surface area contributed by atoms with Gasteiger partial charge >= 0.3 is 5.76 Å². The van der Waals surface area contributed by atoms with Gasteiger partial charge in [-0.25, -0.2) is 9.89 Å². The summed E-state index contributed by atoms with van der Waals surface area (Å²) in [6.45, 7) is 1.91. The molecule has 0 saturated carbocycles. The Balaban J connectivity index is 2.35. The molecule has 3 N–H and O–H groups in total. The molecular formula is C10H11N3O2. The highest BCUT2D eigenvalue weighted by atomic mass is 16.4. The summed E-state index contributed by atoms with van der Waals surface area (Å²) < 4.78 is 4.82. The number of hydrogen-bond acceptors (Lipinski definition) is 4. The molecule has 0 aliphatic rings. The van der Waals surface area contributed by atoms with Crippen molar-refractivity contribution in [3.8, 4) is 11.5 Å². The van der Waals surface area contributed by atoms with Gasteiger partial charge in [0, 0.05) is 11.6 Å². The van der Waals surface area contributed by atoms with E-state index in [4.69, 9.17) is 10.2 Å². The zero-order valence-electron chi connectivity index (χ0n) is 8.23. The number of aromatic amines is 1. The minimum Gasteiger partial charge on any atom is -0.388 e. The van der Waals surface area contributed by atoms with Crippen LogP contribution in [0, 0.1) is 0 Å². The van der Waals surface area contributed by atoms with Crippen molar-refractivity contribution in [1.82, 2.24) is 10.2 Å². The average Bonchev–Trinajstić information content (AvgIpc) is 2.65. The fourth-order valence-corrected chi connectivity index (χ4v) is 1.28. The van der Waals surface area contributed by atoms with E-state index in [0.29, 0.717) is 0 Å². The highest BCUT2D eigenvalue weighted by molar-refractivity contribution is 5.52. The normalized spacial score (nSPS) is 12.7. The third-order valence-corrected chi connectivity index (χ3v) is 2.12. The van der Waals surface area contributed by atoms with Crippen molar-refractivity contribution in [2.45, 2.75) is 13.0 Å². The van der Waals surface area contributed by atoms with Crippen molar-refractivity contribution in [3.05, 3.63) is 40.4 Å². The highest BCUT2D eigenvalue weighted by Crippen LogP contribution is 2.17. The lowest BCUT2D eigenvalue weighted by Gasteiger charge is -2.04. The van der Waals surface area contributed by atoms with E-state index in [2.05, 4.69) is 10.2 Å². The number of H-pyrrole nitrogens is 1. The van der Waals surface area contributed by atoms with Crippen LogP contribution in [-0.2, 0) is 0 Å². The Bertz CT molecular complexity index is 496. The molecule has 0 amide bonds. The van der Waals surface area contributed by atoms with Crippen molar-refractivity contribution in [2.75, 3.05) is 0 Å². The number of aromatic nitrogens is 2. The SMILES string of the molecule is CC(N)c1ccc(-c2n[nH]c(=O)o2)cc1. The maximum absolute atomic E-state index is 10.7. The van der Waals surface area contributed by atoms with Gasteiger partial charge in [-0.15, -0.1) is 5.10 Å². The summed E-state index contributed by atoms with van der Waals surface area (Å²) in [6.07, 6.45) is 0. The molecule has 1 aromatic carbocycles. The molecule has 0 fully saturated rings. The Morgan fingerprint density at radius 2 is 2.07 bits per heavy atom. The fraction of sp³-hybridized carbons (Fsp3) is 0.200. The molecule has 15 heavy (non-hydrogen) atoms. The molecule has 1 heterocycles. The second kappa shape index (κ2) is 3.70. The van der Waals surface area contributed by atoms with Crippen molar-refractivity contribution >= 4 is 0 Å². The molecule has 2 rings (SSSR count). The second-order valence-electron chi connectivity index (χ2n) is 3.33. The molecule has 78 valence electrons. The van der Waals surface area contributed by atoms with Gasteiger partial charge in [-0.2, -0.15) is 0 Å². The summed E-state index contributed by atoms with van der Waals surface area (Å²) >= 11 is 0. The van der Waals surface area contributed by atoms with E-state index in [-0.39, 0.29) is 11.9 Å². The lowest BCUT2D eigenvalue weighted by atomic mass is 10.1. The highest BCUT2D eigenvalue weighted by Gasteiger charge is 2.05. The van der Waals surface area contributed by atoms with Crippen LogP contribution in [0.5, 0.6) is 0 Å². The van der Waals surface area contributed by atoms with E-state index >= 15 is 0 Å². The van der Waals surface area contributed by atoms with Crippen LogP contribution in [0.15, 0.2) is 33.5 Å². The van der Waals surface area contributed by atoms with Crippen molar-refractivity contribution in [3.63, 3.8) is 0 Å². The van der Waals surface area contributed by atoms with E-state index in [9.17, 15) is 4.79 Å². The quantitative estimate of drug-likeness (QED) is 0.767. The average molecular weight is 205 g/mol. The Morgan fingerprint density at radius 1 is 1.40 bits per heavy atom. The van der Waals surface area contributed by atoms with Gasteiger partial charge < -0.3 is 10.2 Å². The van der Waals surface area contributed by atoms with E-state index in [1.165, 1.54) is 0 Å². The molecule has 0 saturated heterocycles. The summed E-state index contributed by atoms with van der Waals surface area (Å²) in [5, 5.41) is 5.93. The van der Waals surface area contributed by atoms with Gasteiger partial charge in [-0.1, -0.05) is 12.1 Å². The third-order valence-electron chi connectivity index (χ3n) is 2.12. The molecule has 0 radical (unpaired) electrons. The van der Waals surface area contributed by atoms with Crippen LogP contribution in [0.1, 0.15) is 18.5 Å². The number of nitrogens with zero attached hydrogens (tertiary/aromatic N) is 1. The maximum atomic E-state index is 10.7. The lowest BCUT2D eigenvalue weighted by Crippen LogP contribution is -2.04. The maximum Gasteiger partial charge on any atom is 0.434 e. The molecule has 1 atom stereocenters. The Kier molecular flexibility index (Phi) is 2.39.